The zero-order valence-corrected chi connectivity index (χ0v) is 5.87. The van der Waals surface area contributed by atoms with Crippen molar-refractivity contribution in [1.82, 2.24) is 0 Å². The van der Waals surface area contributed by atoms with Crippen LogP contribution in [0.2, 0.25) is 0 Å². The van der Waals surface area contributed by atoms with Gasteiger partial charge < -0.3 is 0 Å². The Bertz CT molecular complexity index is 250. The molecule has 0 aromatic heterocycles. The standard InChI is InChI=1S/C8H6F3/c1-6-4-2-3-5-7(6)8(9,10)11/h2-4H,1H3. The molecule has 0 N–H and O–H groups in total. The van der Waals surface area contributed by atoms with Crippen molar-refractivity contribution in [3.63, 3.8) is 0 Å². The van der Waals surface area contributed by atoms with Crippen LogP contribution in [-0.2, 0) is 6.18 Å². The maximum absolute atomic E-state index is 12.0. The summed E-state index contributed by atoms with van der Waals surface area (Å²) in [6.07, 6.45) is -4.27. The average Bonchev–Trinajstić information content (AvgIpc) is 1.86. The van der Waals surface area contributed by atoms with Gasteiger partial charge in [0.15, 0.2) is 0 Å². The third-order valence-electron chi connectivity index (χ3n) is 1.35. The minimum Gasteiger partial charge on any atom is -0.166 e. The lowest BCUT2D eigenvalue weighted by molar-refractivity contribution is -0.138. The molecule has 0 amide bonds. The first-order chi connectivity index (χ1) is 5.02. The van der Waals surface area contributed by atoms with Crippen molar-refractivity contribution in [3.05, 3.63) is 35.4 Å². The van der Waals surface area contributed by atoms with Crippen LogP contribution in [0.5, 0.6) is 0 Å². The van der Waals surface area contributed by atoms with Gasteiger partial charge in [-0.2, -0.15) is 13.2 Å². The Kier molecular flexibility index (Phi) is 1.89. The molecule has 0 aliphatic carbocycles. The largest absolute Gasteiger partial charge is 0.417 e. The quantitative estimate of drug-likeness (QED) is 0.546. The van der Waals surface area contributed by atoms with Gasteiger partial charge in [0, 0.05) is 0 Å². The molecule has 59 valence electrons. The van der Waals surface area contributed by atoms with Gasteiger partial charge in [0.25, 0.3) is 0 Å². The molecule has 0 atom stereocenters. The Balaban J connectivity index is 3.14. The first kappa shape index (κ1) is 8.11. The first-order valence-corrected chi connectivity index (χ1v) is 3.06. The number of halogens is 3. The Morgan fingerprint density at radius 1 is 1.36 bits per heavy atom. The molecule has 0 bridgehead atoms. The molecule has 0 aliphatic rings. The summed E-state index contributed by atoms with van der Waals surface area (Å²) in [5.41, 5.74) is -0.472. The van der Waals surface area contributed by atoms with Crippen LogP contribution in [0.25, 0.3) is 0 Å². The Labute approximate surface area is 62.7 Å². The van der Waals surface area contributed by atoms with Crippen molar-refractivity contribution in [2.45, 2.75) is 13.1 Å². The molecule has 0 spiro atoms. The van der Waals surface area contributed by atoms with E-state index in [9.17, 15) is 13.2 Å². The lowest BCUT2D eigenvalue weighted by Crippen LogP contribution is -2.06. The zero-order valence-electron chi connectivity index (χ0n) is 5.87. The fourth-order valence-corrected chi connectivity index (χ4v) is 0.826. The normalized spacial score (nSPS) is 11.6. The van der Waals surface area contributed by atoms with E-state index >= 15 is 0 Å². The van der Waals surface area contributed by atoms with Crippen LogP contribution in [0.4, 0.5) is 13.2 Å². The van der Waals surface area contributed by atoms with Crippen molar-refractivity contribution >= 4 is 0 Å². The van der Waals surface area contributed by atoms with Gasteiger partial charge in [0.05, 0.1) is 5.56 Å². The third-order valence-corrected chi connectivity index (χ3v) is 1.35. The minimum atomic E-state index is -4.27. The summed E-state index contributed by atoms with van der Waals surface area (Å²) in [6, 6.07) is 6.36. The summed E-state index contributed by atoms with van der Waals surface area (Å²) in [7, 11) is 0. The Morgan fingerprint density at radius 2 is 2.00 bits per heavy atom. The molecule has 0 heterocycles. The van der Waals surface area contributed by atoms with Gasteiger partial charge in [-0.15, -0.1) is 0 Å². The van der Waals surface area contributed by atoms with Crippen molar-refractivity contribution in [3.8, 4) is 0 Å². The van der Waals surface area contributed by atoms with E-state index in [1.807, 2.05) is 0 Å². The summed E-state index contributed by atoms with van der Waals surface area (Å²) in [5.74, 6) is 0. The van der Waals surface area contributed by atoms with Crippen LogP contribution in [0.1, 0.15) is 11.1 Å². The molecule has 11 heavy (non-hydrogen) atoms. The third kappa shape index (κ3) is 1.73. The summed E-state index contributed by atoms with van der Waals surface area (Å²) < 4.78 is 36.1. The van der Waals surface area contributed by atoms with E-state index in [-0.39, 0.29) is 5.56 Å². The molecule has 1 aromatic carbocycles. The molecule has 1 radical (unpaired) electrons. The molecule has 0 saturated heterocycles. The predicted molar refractivity (Wildman–Crippen MR) is 35.0 cm³/mol. The molecule has 1 rings (SSSR count). The number of alkyl halides is 3. The highest BCUT2D eigenvalue weighted by Crippen LogP contribution is 2.30. The highest BCUT2D eigenvalue weighted by molar-refractivity contribution is 5.26. The summed E-state index contributed by atoms with van der Waals surface area (Å²) in [5, 5.41) is 0. The van der Waals surface area contributed by atoms with Crippen molar-refractivity contribution in [2.24, 2.45) is 0 Å². The summed E-state index contributed by atoms with van der Waals surface area (Å²) in [6.45, 7) is 1.42. The van der Waals surface area contributed by atoms with Crippen LogP contribution in [-0.4, -0.2) is 0 Å². The van der Waals surface area contributed by atoms with E-state index in [0.29, 0.717) is 0 Å². The van der Waals surface area contributed by atoms with E-state index in [4.69, 9.17) is 0 Å². The smallest absolute Gasteiger partial charge is 0.166 e. The monoisotopic (exact) mass is 159 g/mol. The van der Waals surface area contributed by atoms with E-state index in [2.05, 4.69) is 6.07 Å². The first-order valence-electron chi connectivity index (χ1n) is 3.06. The van der Waals surface area contributed by atoms with Gasteiger partial charge in [0.2, 0.25) is 0 Å². The molecular weight excluding hydrogens is 153 g/mol. The second-order valence-electron chi connectivity index (χ2n) is 2.23. The maximum atomic E-state index is 12.0. The summed E-state index contributed by atoms with van der Waals surface area (Å²) in [4.78, 5) is 0. The highest BCUT2D eigenvalue weighted by atomic mass is 19.4. The Hall–Kier alpha value is -0.990. The van der Waals surface area contributed by atoms with Gasteiger partial charge in [-0.25, -0.2) is 0 Å². The van der Waals surface area contributed by atoms with Gasteiger partial charge in [0.1, 0.15) is 0 Å². The molecule has 0 nitrogen and oxygen atoms in total. The van der Waals surface area contributed by atoms with Gasteiger partial charge in [-0.3, -0.25) is 0 Å². The lowest BCUT2D eigenvalue weighted by Gasteiger charge is -2.07. The van der Waals surface area contributed by atoms with E-state index in [1.54, 1.807) is 0 Å². The lowest BCUT2D eigenvalue weighted by atomic mass is 10.1. The molecule has 0 saturated carbocycles. The number of benzene rings is 1. The zero-order chi connectivity index (χ0) is 8.48. The van der Waals surface area contributed by atoms with Crippen molar-refractivity contribution < 1.29 is 13.2 Å². The number of hydrogen-bond acceptors (Lipinski definition) is 0. The maximum Gasteiger partial charge on any atom is 0.417 e. The molecule has 0 unspecified atom stereocenters. The summed E-state index contributed by atoms with van der Waals surface area (Å²) >= 11 is 0. The van der Waals surface area contributed by atoms with Crippen molar-refractivity contribution in [2.75, 3.05) is 0 Å². The van der Waals surface area contributed by atoms with Gasteiger partial charge >= 0.3 is 6.18 Å². The molecule has 0 fully saturated rings. The number of rotatable bonds is 0. The molecular formula is C8H6F3. The SMILES string of the molecule is Cc1ccc[c]c1C(F)(F)F. The highest BCUT2D eigenvalue weighted by Gasteiger charge is 2.31. The van der Waals surface area contributed by atoms with E-state index in [1.165, 1.54) is 25.1 Å². The topological polar surface area (TPSA) is 0 Å². The molecule has 3 heteroatoms. The van der Waals surface area contributed by atoms with Gasteiger partial charge in [-0.1, -0.05) is 18.2 Å². The fraction of sp³-hybridized carbons (Fsp3) is 0.250. The van der Waals surface area contributed by atoms with Crippen molar-refractivity contribution in [1.29, 1.82) is 0 Å². The van der Waals surface area contributed by atoms with Crippen LogP contribution >= 0.6 is 0 Å². The average molecular weight is 159 g/mol. The van der Waals surface area contributed by atoms with Crippen LogP contribution in [0, 0.1) is 13.0 Å². The Morgan fingerprint density at radius 3 is 2.36 bits per heavy atom. The predicted octanol–water partition coefficient (Wildman–Crippen LogP) is 2.81. The minimum absolute atomic E-state index is 0.208. The van der Waals surface area contributed by atoms with E-state index < -0.39 is 11.7 Å². The number of aryl methyl sites for hydroxylation is 1. The van der Waals surface area contributed by atoms with Crippen LogP contribution in [0.3, 0.4) is 0 Å². The molecule has 0 aliphatic heterocycles. The van der Waals surface area contributed by atoms with Gasteiger partial charge in [-0.05, 0) is 18.6 Å². The second kappa shape index (κ2) is 2.57. The van der Waals surface area contributed by atoms with Crippen LogP contribution < -0.4 is 0 Å². The molecule has 1 aromatic rings. The van der Waals surface area contributed by atoms with E-state index in [0.717, 1.165) is 0 Å². The van der Waals surface area contributed by atoms with Crippen LogP contribution in [0.15, 0.2) is 18.2 Å². The second-order valence-corrected chi connectivity index (χ2v) is 2.23. The fourth-order valence-electron chi connectivity index (χ4n) is 0.826. The number of hydrogen-bond donors (Lipinski definition) is 0.